The molecule has 1 saturated heterocycles. The van der Waals surface area contributed by atoms with Crippen LogP contribution < -0.4 is 10.6 Å². The van der Waals surface area contributed by atoms with Crippen molar-refractivity contribution in [2.45, 2.75) is 95.0 Å². The highest BCUT2D eigenvalue weighted by atomic mass is 32.2. The Hall–Kier alpha value is -2.06. The third-order valence-corrected chi connectivity index (χ3v) is 9.47. The molecular formula is C32H47N3O3S. The molecule has 2 aromatic rings. The minimum Gasteiger partial charge on any atom is -0.508 e. The topological polar surface area (TPSA) is 84.8 Å². The van der Waals surface area contributed by atoms with E-state index >= 15 is 0 Å². The lowest BCUT2D eigenvalue weighted by molar-refractivity contribution is -0.132. The summed E-state index contributed by atoms with van der Waals surface area (Å²) < 4.78 is 0. The molecule has 6 nitrogen and oxygen atoms in total. The first-order valence-electron chi connectivity index (χ1n) is 14.5. The number of aliphatic hydroxyl groups is 1. The molecule has 7 heteroatoms. The first-order valence-corrected chi connectivity index (χ1v) is 15.5. The summed E-state index contributed by atoms with van der Waals surface area (Å²) in [4.78, 5) is 16.9. The predicted octanol–water partition coefficient (Wildman–Crippen LogP) is 5.11. The number of β-amino-alcohol motifs (C(OH)–C–C–N with tert-alkyl or cyclic N) is 1. The number of phenolic OH excluding ortho intramolecular Hbond substituents is 1. The van der Waals surface area contributed by atoms with E-state index in [-0.39, 0.29) is 29.3 Å². The molecule has 4 N–H and O–H groups in total. The smallest absolute Gasteiger partial charge is 0.237 e. The van der Waals surface area contributed by atoms with E-state index in [0.29, 0.717) is 30.7 Å². The summed E-state index contributed by atoms with van der Waals surface area (Å²) >= 11 is 1.72. The lowest BCUT2D eigenvalue weighted by Gasteiger charge is -2.47. The van der Waals surface area contributed by atoms with Crippen LogP contribution in [0.5, 0.6) is 5.75 Å². The molecule has 0 radical (unpaired) electrons. The van der Waals surface area contributed by atoms with Gasteiger partial charge in [0.1, 0.15) is 5.75 Å². The molecule has 1 aliphatic heterocycles. The Morgan fingerprint density at radius 2 is 1.79 bits per heavy atom. The number of hydrogen-bond donors (Lipinski definition) is 4. The molecule has 1 aliphatic carbocycles. The van der Waals surface area contributed by atoms with Gasteiger partial charge in [0.2, 0.25) is 5.91 Å². The standard InChI is InChI=1S/C32H47N3O3S/c1-22-24(13-10-16-29(22)36)18-33-27(21-39-26-14-6-5-7-15-26)30(37)20-35-19-25-12-9-8-11-23(25)17-28(35)31(38)34-32(2,3)4/h5-7,10,13-16,23,25,27-28,30,33,36-37H,8-9,11-12,17-21H2,1-4H3,(H,34,38)/t23-,25+,27-,28-,30+/m0/s1. The van der Waals surface area contributed by atoms with Gasteiger partial charge in [-0.3, -0.25) is 9.69 Å². The number of fused-ring (bicyclic) bond motifs is 1. The molecule has 2 aromatic carbocycles. The lowest BCUT2D eigenvalue weighted by atomic mass is 9.72. The minimum absolute atomic E-state index is 0.0808. The first kappa shape index (κ1) is 29.9. The molecular weight excluding hydrogens is 506 g/mol. The number of aliphatic hydroxyl groups excluding tert-OH is 1. The highest BCUT2D eigenvalue weighted by Crippen LogP contribution is 2.39. The summed E-state index contributed by atoms with van der Waals surface area (Å²) in [6.07, 6.45) is 5.17. The molecule has 0 spiro atoms. The molecule has 214 valence electrons. The van der Waals surface area contributed by atoms with Gasteiger partial charge in [-0.15, -0.1) is 11.8 Å². The lowest BCUT2D eigenvalue weighted by Crippen LogP contribution is -2.60. The van der Waals surface area contributed by atoms with Gasteiger partial charge in [-0.1, -0.05) is 49.6 Å². The molecule has 0 aromatic heterocycles. The molecule has 1 heterocycles. The number of nitrogens with one attached hydrogen (secondary N) is 2. The quantitative estimate of drug-likeness (QED) is 0.306. The van der Waals surface area contributed by atoms with Crippen LogP contribution in [0.15, 0.2) is 53.4 Å². The van der Waals surface area contributed by atoms with E-state index in [2.05, 4.69) is 27.7 Å². The molecule has 1 amide bonds. The number of hydrogen-bond acceptors (Lipinski definition) is 6. The van der Waals surface area contributed by atoms with Crippen molar-refractivity contribution in [3.63, 3.8) is 0 Å². The fourth-order valence-electron chi connectivity index (χ4n) is 6.11. The van der Waals surface area contributed by atoms with Crippen LogP contribution in [0.3, 0.4) is 0 Å². The van der Waals surface area contributed by atoms with Crippen LogP contribution in [-0.4, -0.2) is 63.6 Å². The Morgan fingerprint density at radius 3 is 2.51 bits per heavy atom. The van der Waals surface area contributed by atoms with E-state index in [1.165, 1.54) is 25.7 Å². The minimum atomic E-state index is -0.649. The Labute approximate surface area is 239 Å². The van der Waals surface area contributed by atoms with Gasteiger partial charge in [0.15, 0.2) is 0 Å². The van der Waals surface area contributed by atoms with Crippen LogP contribution in [0.4, 0.5) is 0 Å². The zero-order chi connectivity index (χ0) is 28.0. The van der Waals surface area contributed by atoms with Gasteiger partial charge < -0.3 is 20.8 Å². The van der Waals surface area contributed by atoms with Crippen LogP contribution in [0, 0.1) is 18.8 Å². The molecule has 2 aliphatic rings. The second kappa shape index (κ2) is 13.5. The zero-order valence-corrected chi connectivity index (χ0v) is 24.8. The van der Waals surface area contributed by atoms with Crippen molar-refractivity contribution in [1.82, 2.24) is 15.5 Å². The number of phenols is 1. The Morgan fingerprint density at radius 1 is 1.08 bits per heavy atom. The number of likely N-dealkylation sites (tertiary alicyclic amines) is 1. The fraction of sp³-hybridized carbons (Fsp3) is 0.594. The maximum Gasteiger partial charge on any atom is 0.237 e. The van der Waals surface area contributed by atoms with Crippen molar-refractivity contribution < 1.29 is 15.0 Å². The summed E-state index contributed by atoms with van der Waals surface area (Å²) in [5.74, 6) is 2.26. The number of carbonyl (C=O) groups is 1. The SMILES string of the molecule is Cc1c(O)cccc1CN[C@@H](CSc1ccccc1)[C@H](O)CN1C[C@H]2CCCC[C@H]2C[C@H]1C(=O)NC(C)(C)C. The fourth-order valence-corrected chi connectivity index (χ4v) is 7.17. The van der Waals surface area contributed by atoms with Crippen molar-refractivity contribution in [2.24, 2.45) is 11.8 Å². The van der Waals surface area contributed by atoms with Crippen molar-refractivity contribution in [1.29, 1.82) is 0 Å². The second-order valence-electron chi connectivity index (χ2n) is 12.5. The number of thioether (sulfide) groups is 1. The van der Waals surface area contributed by atoms with Crippen LogP contribution in [-0.2, 0) is 11.3 Å². The van der Waals surface area contributed by atoms with Crippen molar-refractivity contribution in [3.8, 4) is 5.75 Å². The van der Waals surface area contributed by atoms with Crippen molar-refractivity contribution in [2.75, 3.05) is 18.8 Å². The number of rotatable bonds is 10. The van der Waals surface area contributed by atoms with Crippen LogP contribution >= 0.6 is 11.8 Å². The van der Waals surface area contributed by atoms with E-state index in [1.54, 1.807) is 17.8 Å². The first-order chi connectivity index (χ1) is 18.6. The third-order valence-electron chi connectivity index (χ3n) is 8.33. The summed E-state index contributed by atoms with van der Waals surface area (Å²) in [6.45, 7) is 9.88. The molecule has 0 unspecified atom stereocenters. The number of benzene rings is 2. The summed E-state index contributed by atoms with van der Waals surface area (Å²) in [7, 11) is 0. The van der Waals surface area contributed by atoms with Gasteiger partial charge in [-0.25, -0.2) is 0 Å². The summed E-state index contributed by atoms with van der Waals surface area (Å²) in [5.41, 5.74) is 1.58. The van der Waals surface area contributed by atoms with Crippen LogP contribution in [0.25, 0.3) is 0 Å². The van der Waals surface area contributed by atoms with E-state index in [9.17, 15) is 15.0 Å². The Bertz CT molecular complexity index is 1070. The van der Waals surface area contributed by atoms with Crippen LogP contribution in [0.1, 0.15) is 64.0 Å². The van der Waals surface area contributed by atoms with Gasteiger partial charge in [0, 0.05) is 41.9 Å². The summed E-state index contributed by atoms with van der Waals surface area (Å²) in [6, 6.07) is 15.4. The third kappa shape index (κ3) is 8.46. The summed E-state index contributed by atoms with van der Waals surface area (Å²) in [5, 5.41) is 28.7. The number of piperidine rings is 1. The zero-order valence-electron chi connectivity index (χ0n) is 24.0. The van der Waals surface area contributed by atoms with Gasteiger partial charge in [0.25, 0.3) is 0 Å². The highest BCUT2D eigenvalue weighted by Gasteiger charge is 2.41. The predicted molar refractivity (Wildman–Crippen MR) is 160 cm³/mol. The van der Waals surface area contributed by atoms with E-state index < -0.39 is 6.10 Å². The number of nitrogens with zero attached hydrogens (tertiary/aromatic N) is 1. The number of aromatic hydroxyl groups is 1. The highest BCUT2D eigenvalue weighted by molar-refractivity contribution is 7.99. The molecule has 0 bridgehead atoms. The van der Waals surface area contributed by atoms with Gasteiger partial charge >= 0.3 is 0 Å². The average molecular weight is 554 g/mol. The average Bonchev–Trinajstić information content (AvgIpc) is 2.90. The van der Waals surface area contributed by atoms with E-state index in [4.69, 9.17) is 0 Å². The Balaban J connectivity index is 1.50. The normalized spacial score (nSPS) is 23.6. The molecule has 1 saturated carbocycles. The molecule has 2 fully saturated rings. The van der Waals surface area contributed by atoms with E-state index in [1.807, 2.05) is 58.0 Å². The molecule has 4 rings (SSSR count). The van der Waals surface area contributed by atoms with E-state index in [0.717, 1.165) is 29.0 Å². The number of amides is 1. The number of carbonyl (C=O) groups excluding carboxylic acids is 1. The Kier molecular flexibility index (Phi) is 10.4. The molecule has 39 heavy (non-hydrogen) atoms. The van der Waals surface area contributed by atoms with Gasteiger partial charge in [0.05, 0.1) is 12.1 Å². The van der Waals surface area contributed by atoms with Crippen molar-refractivity contribution >= 4 is 17.7 Å². The largest absolute Gasteiger partial charge is 0.508 e. The van der Waals surface area contributed by atoms with Gasteiger partial charge in [-0.05, 0) is 81.7 Å². The molecule has 5 atom stereocenters. The second-order valence-corrected chi connectivity index (χ2v) is 13.6. The maximum atomic E-state index is 13.5. The monoisotopic (exact) mass is 553 g/mol. The maximum absolute atomic E-state index is 13.5. The van der Waals surface area contributed by atoms with Gasteiger partial charge in [-0.2, -0.15) is 0 Å². The van der Waals surface area contributed by atoms with Crippen LogP contribution in [0.2, 0.25) is 0 Å². The van der Waals surface area contributed by atoms with Crippen molar-refractivity contribution in [3.05, 3.63) is 59.7 Å².